The Morgan fingerprint density at radius 3 is 2.57 bits per heavy atom. The lowest BCUT2D eigenvalue weighted by Gasteiger charge is -2.18. The Bertz CT molecular complexity index is 341. The van der Waals surface area contributed by atoms with E-state index in [0.717, 1.165) is 5.69 Å². The Balaban J connectivity index is 2.82. The number of nitrogens with zero attached hydrogens (tertiary/aromatic N) is 1. The molecule has 0 bridgehead atoms. The van der Waals surface area contributed by atoms with E-state index in [-0.39, 0.29) is 6.04 Å². The van der Waals surface area contributed by atoms with Crippen molar-refractivity contribution < 1.29 is 5.11 Å². The van der Waals surface area contributed by atoms with E-state index >= 15 is 0 Å². The quantitative estimate of drug-likeness (QED) is 0.763. The van der Waals surface area contributed by atoms with Gasteiger partial charge in [-0.2, -0.15) is 5.26 Å². The lowest BCUT2D eigenvalue weighted by Crippen LogP contribution is -2.28. The fourth-order valence-corrected chi connectivity index (χ4v) is 1.07. The Morgan fingerprint density at radius 1 is 1.36 bits per heavy atom. The van der Waals surface area contributed by atoms with Gasteiger partial charge in [0.25, 0.3) is 0 Å². The van der Waals surface area contributed by atoms with Gasteiger partial charge in [0, 0.05) is 6.04 Å². The molecule has 0 saturated carbocycles. The maximum Gasteiger partial charge on any atom is 0.101 e. The lowest BCUT2D eigenvalue weighted by molar-refractivity contribution is 0.178. The number of hydrogen-bond acceptors (Lipinski definition) is 3. The molecule has 2 unspecified atom stereocenters. The van der Waals surface area contributed by atoms with Crippen molar-refractivity contribution in [2.75, 3.05) is 5.32 Å². The number of aliphatic hydroxyl groups excluding tert-OH is 1. The molecule has 14 heavy (non-hydrogen) atoms. The van der Waals surface area contributed by atoms with Crippen molar-refractivity contribution in [2.45, 2.75) is 26.0 Å². The summed E-state index contributed by atoms with van der Waals surface area (Å²) in [5.41, 5.74) is 1.36. The zero-order valence-electron chi connectivity index (χ0n) is 8.36. The van der Waals surface area contributed by atoms with Gasteiger partial charge in [0.1, 0.15) is 6.07 Å². The molecule has 0 heterocycles. The Kier molecular flexibility index (Phi) is 3.49. The lowest BCUT2D eigenvalue weighted by atomic mass is 10.1. The monoisotopic (exact) mass is 190 g/mol. The summed E-state index contributed by atoms with van der Waals surface area (Å²) < 4.78 is 0. The van der Waals surface area contributed by atoms with E-state index in [0.29, 0.717) is 5.56 Å². The van der Waals surface area contributed by atoms with Crippen LogP contribution < -0.4 is 5.32 Å². The predicted molar refractivity (Wildman–Crippen MR) is 55.9 cm³/mol. The van der Waals surface area contributed by atoms with Crippen molar-refractivity contribution in [3.63, 3.8) is 0 Å². The minimum atomic E-state index is -0.443. The summed E-state index contributed by atoms with van der Waals surface area (Å²) in [5.74, 6) is 0. The summed E-state index contributed by atoms with van der Waals surface area (Å²) in [6, 6.07) is 9.28. The standard InChI is InChI=1S/C11H14N2O/c1-8(9(2)14)13-11-6-4-3-5-10(11)7-12/h3-6,8-9,13-14H,1-2H3. The first-order valence-electron chi connectivity index (χ1n) is 4.59. The zero-order valence-corrected chi connectivity index (χ0v) is 8.36. The van der Waals surface area contributed by atoms with Crippen LogP contribution in [-0.4, -0.2) is 17.3 Å². The highest BCUT2D eigenvalue weighted by Gasteiger charge is 2.09. The van der Waals surface area contributed by atoms with Crippen molar-refractivity contribution in [2.24, 2.45) is 0 Å². The smallest absolute Gasteiger partial charge is 0.101 e. The summed E-state index contributed by atoms with van der Waals surface area (Å²) in [5, 5.41) is 21.2. The van der Waals surface area contributed by atoms with Crippen molar-refractivity contribution in [1.82, 2.24) is 0 Å². The highest BCUT2D eigenvalue weighted by molar-refractivity contribution is 5.57. The number of anilines is 1. The molecular weight excluding hydrogens is 176 g/mol. The molecule has 0 aliphatic carbocycles. The average Bonchev–Trinajstić information content (AvgIpc) is 2.18. The molecule has 0 aromatic heterocycles. The molecule has 1 rings (SSSR count). The van der Waals surface area contributed by atoms with Crippen molar-refractivity contribution in [3.05, 3.63) is 29.8 Å². The van der Waals surface area contributed by atoms with Gasteiger partial charge in [0.2, 0.25) is 0 Å². The van der Waals surface area contributed by atoms with E-state index in [1.54, 1.807) is 13.0 Å². The van der Waals surface area contributed by atoms with Crippen molar-refractivity contribution in [3.8, 4) is 6.07 Å². The van der Waals surface area contributed by atoms with Gasteiger partial charge in [-0.15, -0.1) is 0 Å². The van der Waals surface area contributed by atoms with E-state index < -0.39 is 6.10 Å². The van der Waals surface area contributed by atoms with Crippen LogP contribution in [0, 0.1) is 11.3 Å². The van der Waals surface area contributed by atoms with Crippen LogP contribution in [0.2, 0.25) is 0 Å². The van der Waals surface area contributed by atoms with Crippen LogP contribution in [0.25, 0.3) is 0 Å². The van der Waals surface area contributed by atoms with E-state index in [1.165, 1.54) is 0 Å². The molecule has 2 atom stereocenters. The fourth-order valence-electron chi connectivity index (χ4n) is 1.07. The molecule has 3 nitrogen and oxygen atoms in total. The minimum absolute atomic E-state index is 0.0653. The van der Waals surface area contributed by atoms with Crippen LogP contribution in [0.4, 0.5) is 5.69 Å². The molecule has 1 aromatic carbocycles. The number of hydrogen-bond donors (Lipinski definition) is 2. The summed E-state index contributed by atoms with van der Waals surface area (Å²) in [6.07, 6.45) is -0.443. The molecule has 0 aliphatic rings. The first-order valence-corrected chi connectivity index (χ1v) is 4.59. The molecule has 0 saturated heterocycles. The Hall–Kier alpha value is -1.53. The predicted octanol–water partition coefficient (Wildman–Crippen LogP) is 1.74. The number of rotatable bonds is 3. The number of para-hydroxylation sites is 1. The third kappa shape index (κ3) is 2.48. The van der Waals surface area contributed by atoms with Crippen molar-refractivity contribution in [1.29, 1.82) is 5.26 Å². The van der Waals surface area contributed by atoms with E-state index in [2.05, 4.69) is 11.4 Å². The first-order chi connectivity index (χ1) is 6.65. The van der Waals surface area contributed by atoms with Crippen LogP contribution in [-0.2, 0) is 0 Å². The largest absolute Gasteiger partial charge is 0.391 e. The second-order valence-electron chi connectivity index (χ2n) is 3.33. The summed E-state index contributed by atoms with van der Waals surface area (Å²) in [4.78, 5) is 0. The van der Waals surface area contributed by atoms with E-state index in [9.17, 15) is 5.11 Å². The van der Waals surface area contributed by atoms with Gasteiger partial charge in [-0.05, 0) is 26.0 Å². The van der Waals surface area contributed by atoms with Crippen LogP contribution in [0.5, 0.6) is 0 Å². The molecule has 0 aliphatic heterocycles. The molecule has 74 valence electrons. The molecular formula is C11H14N2O. The maximum atomic E-state index is 9.30. The summed E-state index contributed by atoms with van der Waals surface area (Å²) in [6.45, 7) is 3.59. The minimum Gasteiger partial charge on any atom is -0.391 e. The van der Waals surface area contributed by atoms with Crippen LogP contribution in [0.3, 0.4) is 0 Å². The van der Waals surface area contributed by atoms with Crippen LogP contribution in [0.15, 0.2) is 24.3 Å². The molecule has 1 aromatic rings. The Labute approximate surface area is 84.0 Å². The molecule has 0 radical (unpaired) electrons. The van der Waals surface area contributed by atoms with Gasteiger partial charge in [-0.3, -0.25) is 0 Å². The van der Waals surface area contributed by atoms with E-state index in [4.69, 9.17) is 5.26 Å². The zero-order chi connectivity index (χ0) is 10.6. The number of benzene rings is 1. The second-order valence-corrected chi connectivity index (χ2v) is 3.33. The normalized spacial score (nSPS) is 14.1. The fraction of sp³-hybridized carbons (Fsp3) is 0.364. The molecule has 3 heteroatoms. The highest BCUT2D eigenvalue weighted by atomic mass is 16.3. The topological polar surface area (TPSA) is 56.0 Å². The van der Waals surface area contributed by atoms with E-state index in [1.807, 2.05) is 25.1 Å². The van der Waals surface area contributed by atoms with Crippen LogP contribution >= 0.6 is 0 Å². The van der Waals surface area contributed by atoms with Crippen molar-refractivity contribution >= 4 is 5.69 Å². The number of aliphatic hydroxyl groups is 1. The first kappa shape index (κ1) is 10.6. The van der Waals surface area contributed by atoms with Gasteiger partial charge < -0.3 is 10.4 Å². The Morgan fingerprint density at radius 2 is 2.00 bits per heavy atom. The maximum absolute atomic E-state index is 9.30. The molecule has 2 N–H and O–H groups in total. The summed E-state index contributed by atoms with van der Waals surface area (Å²) in [7, 11) is 0. The van der Waals surface area contributed by atoms with Gasteiger partial charge in [-0.25, -0.2) is 0 Å². The van der Waals surface area contributed by atoms with Crippen LogP contribution in [0.1, 0.15) is 19.4 Å². The summed E-state index contributed by atoms with van der Waals surface area (Å²) >= 11 is 0. The number of nitriles is 1. The van der Waals surface area contributed by atoms with Gasteiger partial charge in [-0.1, -0.05) is 12.1 Å². The second kappa shape index (κ2) is 4.64. The molecule has 0 fully saturated rings. The van der Waals surface area contributed by atoms with Gasteiger partial charge in [0.15, 0.2) is 0 Å². The SMILES string of the molecule is CC(O)C(C)Nc1ccccc1C#N. The average molecular weight is 190 g/mol. The van der Waals surface area contributed by atoms with Gasteiger partial charge >= 0.3 is 0 Å². The highest BCUT2D eigenvalue weighted by Crippen LogP contribution is 2.15. The third-order valence-corrected chi connectivity index (χ3v) is 2.15. The third-order valence-electron chi connectivity index (χ3n) is 2.15. The van der Waals surface area contributed by atoms with Gasteiger partial charge in [0.05, 0.1) is 17.4 Å². The molecule has 0 spiro atoms. The number of nitrogens with one attached hydrogen (secondary N) is 1. The molecule has 0 amide bonds.